The average Bonchev–Trinajstić information content (AvgIpc) is 3.04. The molecule has 0 saturated carbocycles. The zero-order valence-electron chi connectivity index (χ0n) is 15.6. The molecule has 0 bridgehead atoms. The molecule has 3 aromatic heterocycles. The van der Waals surface area contributed by atoms with Gasteiger partial charge >= 0.3 is 0 Å². The van der Waals surface area contributed by atoms with Crippen molar-refractivity contribution in [1.82, 2.24) is 24.1 Å². The molecule has 0 atom stereocenters. The van der Waals surface area contributed by atoms with E-state index < -0.39 is 17.1 Å². The van der Waals surface area contributed by atoms with E-state index in [1.807, 2.05) is 13.8 Å². The summed E-state index contributed by atoms with van der Waals surface area (Å²) in [5.74, 6) is 0.416. The van der Waals surface area contributed by atoms with E-state index >= 15 is 0 Å². The number of nitrogens with one attached hydrogen (secondary N) is 1. The summed E-state index contributed by atoms with van der Waals surface area (Å²) in [6.45, 7) is 6.41. The number of halogens is 1. The topological polar surface area (TPSA) is 94.2 Å². The molecular weight excluding hydrogens is 351 g/mol. The minimum atomic E-state index is -1.60. The molecule has 0 aliphatic carbocycles. The third kappa shape index (κ3) is 3.86. The fraction of sp³-hybridized carbons (Fsp3) is 0.389. The van der Waals surface area contributed by atoms with Crippen molar-refractivity contribution in [1.29, 1.82) is 0 Å². The second-order valence-corrected chi connectivity index (χ2v) is 7.07. The Morgan fingerprint density at radius 1 is 1.37 bits per heavy atom. The highest BCUT2D eigenvalue weighted by molar-refractivity contribution is 5.89. The molecule has 8 nitrogen and oxygen atoms in total. The number of fused-ring (bicyclic) bond motifs is 1. The zero-order valence-corrected chi connectivity index (χ0v) is 15.6. The second-order valence-electron chi connectivity index (χ2n) is 7.07. The molecule has 142 valence electrons. The summed E-state index contributed by atoms with van der Waals surface area (Å²) in [4.78, 5) is 32.7. The highest BCUT2D eigenvalue weighted by Gasteiger charge is 2.24. The van der Waals surface area contributed by atoms with E-state index in [1.54, 1.807) is 16.7 Å². The monoisotopic (exact) mass is 372 g/mol. The SMILES string of the molecule is CC(C)c1nn(CC(=O)Nc2ccncn2)c(=O)c2cc(C(C)(C)F)cn12. The highest BCUT2D eigenvalue weighted by atomic mass is 19.1. The summed E-state index contributed by atoms with van der Waals surface area (Å²) < 4.78 is 17.1. The van der Waals surface area contributed by atoms with Crippen LogP contribution >= 0.6 is 0 Å². The first-order chi connectivity index (χ1) is 12.7. The molecule has 27 heavy (non-hydrogen) atoms. The van der Waals surface area contributed by atoms with Gasteiger partial charge in [0.15, 0.2) is 0 Å². The number of anilines is 1. The van der Waals surface area contributed by atoms with Crippen LogP contribution in [-0.2, 0) is 17.0 Å². The van der Waals surface area contributed by atoms with E-state index in [0.717, 1.165) is 4.68 Å². The van der Waals surface area contributed by atoms with Crippen molar-refractivity contribution in [3.8, 4) is 0 Å². The fourth-order valence-corrected chi connectivity index (χ4v) is 2.68. The van der Waals surface area contributed by atoms with Crippen LogP contribution in [0, 0.1) is 0 Å². The largest absolute Gasteiger partial charge is 0.309 e. The van der Waals surface area contributed by atoms with Gasteiger partial charge in [-0.1, -0.05) is 13.8 Å². The van der Waals surface area contributed by atoms with Crippen LogP contribution < -0.4 is 10.9 Å². The predicted octanol–water partition coefficient (Wildman–Crippen LogP) is 2.25. The molecule has 0 fully saturated rings. The van der Waals surface area contributed by atoms with E-state index in [4.69, 9.17) is 0 Å². The van der Waals surface area contributed by atoms with Crippen LogP contribution in [0.3, 0.4) is 0 Å². The standard InChI is InChI=1S/C18H21FN6O2/c1-11(2)16-23-25(9-15(26)22-14-5-6-20-10-21-14)17(27)13-7-12(8-24(13)16)18(3,4)19/h5-8,10-11H,9H2,1-4H3,(H,20,21,22,26). The normalized spacial score (nSPS) is 11.9. The van der Waals surface area contributed by atoms with E-state index in [2.05, 4.69) is 20.4 Å². The van der Waals surface area contributed by atoms with Crippen LogP contribution in [0.25, 0.3) is 5.52 Å². The van der Waals surface area contributed by atoms with Crippen molar-refractivity contribution in [2.45, 2.75) is 45.8 Å². The van der Waals surface area contributed by atoms with Gasteiger partial charge < -0.3 is 5.32 Å². The minimum Gasteiger partial charge on any atom is -0.309 e. The molecule has 0 aliphatic rings. The highest BCUT2D eigenvalue weighted by Crippen LogP contribution is 2.27. The number of carbonyl (C=O) groups excluding carboxylic acids is 1. The van der Waals surface area contributed by atoms with Gasteiger partial charge in [0.1, 0.15) is 35.7 Å². The van der Waals surface area contributed by atoms with Crippen LogP contribution in [0.5, 0.6) is 0 Å². The molecule has 0 unspecified atom stereocenters. The van der Waals surface area contributed by atoms with Crippen LogP contribution in [0.1, 0.15) is 45.0 Å². The van der Waals surface area contributed by atoms with Gasteiger partial charge in [-0.15, -0.1) is 0 Å². The Bertz CT molecular complexity index is 1030. The van der Waals surface area contributed by atoms with Crippen molar-refractivity contribution >= 4 is 17.2 Å². The minimum absolute atomic E-state index is 0.0350. The molecule has 3 aromatic rings. The van der Waals surface area contributed by atoms with E-state index in [9.17, 15) is 14.0 Å². The Morgan fingerprint density at radius 3 is 2.70 bits per heavy atom. The van der Waals surface area contributed by atoms with Gasteiger partial charge in [0, 0.05) is 23.9 Å². The summed E-state index contributed by atoms with van der Waals surface area (Å²) in [5.41, 5.74) is -1.40. The number of nitrogens with zero attached hydrogens (tertiary/aromatic N) is 5. The number of alkyl halides is 1. The summed E-state index contributed by atoms with van der Waals surface area (Å²) in [7, 11) is 0. The molecule has 3 heterocycles. The van der Waals surface area contributed by atoms with Crippen molar-refractivity contribution in [3.05, 3.63) is 52.6 Å². The number of hydrogen-bond acceptors (Lipinski definition) is 5. The molecule has 3 rings (SSSR count). The van der Waals surface area contributed by atoms with Gasteiger partial charge in [0.05, 0.1) is 0 Å². The molecule has 0 radical (unpaired) electrons. The smallest absolute Gasteiger partial charge is 0.291 e. The van der Waals surface area contributed by atoms with Gasteiger partial charge in [-0.05, 0) is 26.0 Å². The lowest BCUT2D eigenvalue weighted by Gasteiger charge is -2.13. The fourth-order valence-electron chi connectivity index (χ4n) is 2.68. The number of amides is 1. The van der Waals surface area contributed by atoms with Crippen molar-refractivity contribution in [3.63, 3.8) is 0 Å². The molecule has 1 amide bonds. The van der Waals surface area contributed by atoms with E-state index in [1.165, 1.54) is 32.4 Å². The summed E-state index contributed by atoms with van der Waals surface area (Å²) in [5, 5.41) is 6.92. The first-order valence-electron chi connectivity index (χ1n) is 8.55. The van der Waals surface area contributed by atoms with Gasteiger partial charge in [0.2, 0.25) is 5.91 Å². The number of carbonyl (C=O) groups is 1. The lowest BCUT2D eigenvalue weighted by atomic mass is 10.0. The lowest BCUT2D eigenvalue weighted by molar-refractivity contribution is -0.117. The van der Waals surface area contributed by atoms with Gasteiger partial charge in [-0.25, -0.2) is 19.0 Å². The molecule has 0 saturated heterocycles. The van der Waals surface area contributed by atoms with Crippen molar-refractivity contribution in [2.75, 3.05) is 5.32 Å². The maximum atomic E-state index is 14.4. The van der Waals surface area contributed by atoms with Gasteiger partial charge in [-0.2, -0.15) is 5.10 Å². The van der Waals surface area contributed by atoms with Crippen molar-refractivity contribution < 1.29 is 9.18 Å². The zero-order chi connectivity index (χ0) is 19.8. The Kier molecular flexibility index (Phi) is 4.77. The Morgan fingerprint density at radius 2 is 2.11 bits per heavy atom. The predicted molar refractivity (Wildman–Crippen MR) is 98.3 cm³/mol. The first-order valence-corrected chi connectivity index (χ1v) is 8.55. The summed E-state index contributed by atoms with van der Waals surface area (Å²) in [6, 6.07) is 3.05. The maximum Gasteiger partial charge on any atom is 0.291 e. The van der Waals surface area contributed by atoms with Crippen LogP contribution in [0.15, 0.2) is 35.6 Å². The Hall–Kier alpha value is -3.10. The molecular formula is C18H21FN6O2. The average molecular weight is 372 g/mol. The lowest BCUT2D eigenvalue weighted by Crippen LogP contribution is -2.32. The molecule has 1 N–H and O–H groups in total. The quantitative estimate of drug-likeness (QED) is 0.741. The first kappa shape index (κ1) is 18.7. The Balaban J connectivity index is 2.01. The molecule has 9 heteroatoms. The van der Waals surface area contributed by atoms with Crippen LogP contribution in [0.4, 0.5) is 10.2 Å². The molecule has 0 spiro atoms. The number of aromatic nitrogens is 5. The maximum absolute atomic E-state index is 14.4. The third-order valence-corrected chi connectivity index (χ3v) is 4.09. The van der Waals surface area contributed by atoms with Gasteiger partial charge in [-0.3, -0.25) is 14.0 Å². The van der Waals surface area contributed by atoms with E-state index in [0.29, 0.717) is 17.2 Å². The molecule has 0 aromatic carbocycles. The van der Waals surface area contributed by atoms with Crippen LogP contribution in [-0.4, -0.2) is 30.1 Å². The second kappa shape index (κ2) is 6.90. The van der Waals surface area contributed by atoms with E-state index in [-0.39, 0.29) is 18.0 Å². The Labute approximate surface area is 155 Å². The third-order valence-electron chi connectivity index (χ3n) is 4.09. The summed E-state index contributed by atoms with van der Waals surface area (Å²) >= 11 is 0. The number of hydrogen-bond donors (Lipinski definition) is 1. The summed E-state index contributed by atoms with van der Waals surface area (Å²) in [6.07, 6.45) is 4.39. The molecule has 0 aliphatic heterocycles. The van der Waals surface area contributed by atoms with Crippen LogP contribution in [0.2, 0.25) is 0 Å². The van der Waals surface area contributed by atoms with Gasteiger partial charge in [0.25, 0.3) is 5.56 Å². The number of rotatable bonds is 5. The van der Waals surface area contributed by atoms with Crippen molar-refractivity contribution in [2.24, 2.45) is 0 Å².